The number of carbonyl (C=O) groups is 2. The third-order valence-corrected chi connectivity index (χ3v) is 7.22. The molecule has 0 unspecified atom stereocenters. The molecule has 28 heavy (non-hydrogen) atoms. The van der Waals surface area contributed by atoms with Gasteiger partial charge in [0.25, 0.3) is 5.91 Å². The van der Waals surface area contributed by atoms with Gasteiger partial charge in [-0.2, -0.15) is 0 Å². The van der Waals surface area contributed by atoms with Crippen LogP contribution in [0.4, 0.5) is 0 Å². The highest BCUT2D eigenvalue weighted by Crippen LogP contribution is 2.26. The van der Waals surface area contributed by atoms with Crippen LogP contribution in [0.15, 0.2) is 46.7 Å². The lowest BCUT2D eigenvalue weighted by molar-refractivity contribution is -0.129. The molecule has 1 saturated carbocycles. The Morgan fingerprint density at radius 3 is 2.54 bits per heavy atom. The molecule has 1 aliphatic rings. The highest BCUT2D eigenvalue weighted by molar-refractivity contribution is 8.00. The molecule has 1 aromatic heterocycles. The number of benzene rings is 1. The Labute approximate surface area is 175 Å². The van der Waals surface area contributed by atoms with Crippen molar-refractivity contribution in [1.82, 2.24) is 9.80 Å². The zero-order valence-corrected chi connectivity index (χ0v) is 18.2. The number of hydrogen-bond donors (Lipinski definition) is 0. The van der Waals surface area contributed by atoms with Crippen molar-refractivity contribution in [2.45, 2.75) is 49.6 Å². The topological polar surface area (TPSA) is 40.6 Å². The van der Waals surface area contributed by atoms with E-state index >= 15 is 0 Å². The van der Waals surface area contributed by atoms with Crippen LogP contribution in [0.2, 0.25) is 0 Å². The van der Waals surface area contributed by atoms with Crippen molar-refractivity contribution >= 4 is 34.9 Å². The predicted octanol–water partition coefficient (Wildman–Crippen LogP) is 4.90. The second kappa shape index (κ2) is 10.1. The van der Waals surface area contributed by atoms with Crippen molar-refractivity contribution in [2.75, 3.05) is 19.8 Å². The van der Waals surface area contributed by atoms with Gasteiger partial charge in [-0.05, 0) is 36.4 Å². The number of hydrogen-bond acceptors (Lipinski definition) is 4. The van der Waals surface area contributed by atoms with Crippen LogP contribution in [-0.4, -0.2) is 47.5 Å². The van der Waals surface area contributed by atoms with Crippen LogP contribution in [0, 0.1) is 0 Å². The molecule has 150 valence electrons. The summed E-state index contributed by atoms with van der Waals surface area (Å²) in [7, 11) is 3.75. The largest absolute Gasteiger partial charge is 0.342 e. The SMILES string of the molecule is CN(Cc1cccs1)C(=O)c1ccccc1SCC(=O)N(C)C1CCCCC1. The fourth-order valence-electron chi connectivity index (χ4n) is 3.60. The fourth-order valence-corrected chi connectivity index (χ4v) is 5.32. The van der Waals surface area contributed by atoms with E-state index in [0.29, 0.717) is 23.9 Å². The van der Waals surface area contributed by atoms with Gasteiger partial charge < -0.3 is 9.80 Å². The molecule has 1 fully saturated rings. The van der Waals surface area contributed by atoms with Crippen LogP contribution in [0.5, 0.6) is 0 Å². The Bertz CT molecular complexity index is 786. The Balaban J connectivity index is 1.61. The van der Waals surface area contributed by atoms with Crippen LogP contribution in [0.1, 0.15) is 47.3 Å². The number of amides is 2. The van der Waals surface area contributed by atoms with Crippen LogP contribution < -0.4 is 0 Å². The summed E-state index contributed by atoms with van der Waals surface area (Å²) in [6, 6.07) is 12.0. The summed E-state index contributed by atoms with van der Waals surface area (Å²) in [5.41, 5.74) is 0.666. The second-order valence-electron chi connectivity index (χ2n) is 7.32. The van der Waals surface area contributed by atoms with Gasteiger partial charge in [-0.3, -0.25) is 9.59 Å². The predicted molar refractivity (Wildman–Crippen MR) is 117 cm³/mol. The highest BCUT2D eigenvalue weighted by atomic mass is 32.2. The van der Waals surface area contributed by atoms with Crippen LogP contribution in [0.25, 0.3) is 0 Å². The van der Waals surface area contributed by atoms with E-state index in [-0.39, 0.29) is 11.8 Å². The summed E-state index contributed by atoms with van der Waals surface area (Å²) in [6.45, 7) is 0.596. The normalized spacial score (nSPS) is 14.6. The summed E-state index contributed by atoms with van der Waals surface area (Å²) in [6.07, 6.45) is 5.92. The maximum atomic E-state index is 12.9. The van der Waals surface area contributed by atoms with Gasteiger partial charge in [0.15, 0.2) is 0 Å². The van der Waals surface area contributed by atoms with E-state index in [4.69, 9.17) is 0 Å². The van der Waals surface area contributed by atoms with Crippen LogP contribution in [-0.2, 0) is 11.3 Å². The van der Waals surface area contributed by atoms with E-state index in [9.17, 15) is 9.59 Å². The zero-order chi connectivity index (χ0) is 19.9. The average molecular weight is 417 g/mol. The first kappa shape index (κ1) is 20.9. The minimum atomic E-state index is -0.00964. The molecule has 2 amide bonds. The van der Waals surface area contributed by atoms with Gasteiger partial charge in [0.05, 0.1) is 17.9 Å². The smallest absolute Gasteiger partial charge is 0.255 e. The quantitative estimate of drug-likeness (QED) is 0.603. The zero-order valence-electron chi connectivity index (χ0n) is 16.6. The van der Waals surface area contributed by atoms with Gasteiger partial charge in [-0.25, -0.2) is 0 Å². The molecular formula is C22H28N2O2S2. The van der Waals surface area contributed by atoms with E-state index in [1.807, 2.05) is 60.8 Å². The molecule has 1 aliphatic carbocycles. The van der Waals surface area contributed by atoms with Gasteiger partial charge in [-0.1, -0.05) is 37.5 Å². The number of carbonyl (C=O) groups excluding carboxylic acids is 2. The van der Waals surface area contributed by atoms with Crippen molar-refractivity contribution in [3.05, 3.63) is 52.2 Å². The minimum absolute atomic E-state index is 0.00964. The maximum Gasteiger partial charge on any atom is 0.255 e. The highest BCUT2D eigenvalue weighted by Gasteiger charge is 2.23. The standard InChI is InChI=1S/C22H28N2O2S2/c1-23(15-18-11-8-14-27-18)22(26)19-12-6-7-13-20(19)28-16-21(25)24(2)17-9-4-3-5-10-17/h6-8,11-14,17H,3-5,9-10,15-16H2,1-2H3. The summed E-state index contributed by atoms with van der Waals surface area (Å²) in [5, 5.41) is 2.02. The Kier molecular flexibility index (Phi) is 7.57. The molecule has 0 spiro atoms. The maximum absolute atomic E-state index is 12.9. The molecule has 0 radical (unpaired) electrons. The van der Waals surface area contributed by atoms with Crippen molar-refractivity contribution in [1.29, 1.82) is 0 Å². The number of nitrogens with zero attached hydrogens (tertiary/aromatic N) is 2. The van der Waals surface area contributed by atoms with Gasteiger partial charge in [0.1, 0.15) is 0 Å². The third kappa shape index (κ3) is 5.39. The molecule has 3 rings (SSSR count). The van der Waals surface area contributed by atoms with Crippen molar-refractivity contribution < 1.29 is 9.59 Å². The van der Waals surface area contributed by atoms with Crippen molar-refractivity contribution in [2.24, 2.45) is 0 Å². The van der Waals surface area contributed by atoms with E-state index < -0.39 is 0 Å². The lowest BCUT2D eigenvalue weighted by atomic mass is 9.94. The first-order valence-corrected chi connectivity index (χ1v) is 11.7. The van der Waals surface area contributed by atoms with E-state index in [1.165, 1.54) is 31.0 Å². The molecule has 1 aromatic carbocycles. The molecule has 6 heteroatoms. The van der Waals surface area contributed by atoms with Gasteiger partial charge in [0, 0.05) is 29.9 Å². The number of thiophene rings is 1. The van der Waals surface area contributed by atoms with Crippen LogP contribution >= 0.6 is 23.1 Å². The molecule has 1 heterocycles. The summed E-state index contributed by atoms with van der Waals surface area (Å²) >= 11 is 3.11. The summed E-state index contributed by atoms with van der Waals surface area (Å²) < 4.78 is 0. The molecule has 0 saturated heterocycles. The Morgan fingerprint density at radius 1 is 1.07 bits per heavy atom. The van der Waals surface area contributed by atoms with Crippen molar-refractivity contribution in [3.8, 4) is 0 Å². The lowest BCUT2D eigenvalue weighted by Gasteiger charge is -2.31. The minimum Gasteiger partial charge on any atom is -0.342 e. The second-order valence-corrected chi connectivity index (χ2v) is 9.37. The number of thioether (sulfide) groups is 1. The van der Waals surface area contributed by atoms with E-state index in [1.54, 1.807) is 16.2 Å². The van der Waals surface area contributed by atoms with Gasteiger partial charge in [-0.15, -0.1) is 23.1 Å². The number of rotatable bonds is 7. The van der Waals surface area contributed by atoms with Crippen molar-refractivity contribution in [3.63, 3.8) is 0 Å². The molecule has 0 N–H and O–H groups in total. The molecule has 0 aliphatic heterocycles. The summed E-state index contributed by atoms with van der Waals surface area (Å²) in [5.74, 6) is 0.502. The summed E-state index contributed by atoms with van der Waals surface area (Å²) in [4.78, 5) is 31.3. The molecular weight excluding hydrogens is 388 g/mol. The first-order valence-electron chi connectivity index (χ1n) is 9.81. The third-order valence-electron chi connectivity index (χ3n) is 5.30. The molecule has 2 aromatic rings. The average Bonchev–Trinajstić information content (AvgIpc) is 3.24. The monoisotopic (exact) mass is 416 g/mol. The Morgan fingerprint density at radius 2 is 1.82 bits per heavy atom. The molecule has 0 atom stereocenters. The molecule has 0 bridgehead atoms. The van der Waals surface area contributed by atoms with E-state index in [2.05, 4.69) is 0 Å². The lowest BCUT2D eigenvalue weighted by Crippen LogP contribution is -2.39. The van der Waals surface area contributed by atoms with Crippen LogP contribution in [0.3, 0.4) is 0 Å². The van der Waals surface area contributed by atoms with Gasteiger partial charge in [0.2, 0.25) is 5.91 Å². The molecule has 4 nitrogen and oxygen atoms in total. The Hall–Kier alpha value is -1.79. The van der Waals surface area contributed by atoms with Gasteiger partial charge >= 0.3 is 0 Å². The fraction of sp³-hybridized carbons (Fsp3) is 0.455. The first-order chi connectivity index (χ1) is 13.6. The van der Waals surface area contributed by atoms with E-state index in [0.717, 1.165) is 22.6 Å².